The number of nitrogens with zero attached hydrogens (tertiary/aromatic N) is 2. The molecule has 0 aliphatic carbocycles. The monoisotopic (exact) mass is 253 g/mol. The lowest BCUT2D eigenvalue weighted by Gasteiger charge is -2.40. The number of hydrogen-bond donors (Lipinski definition) is 1. The van der Waals surface area contributed by atoms with Crippen molar-refractivity contribution < 1.29 is 0 Å². The maximum atomic E-state index is 4.55. The molecule has 96 valence electrons. The highest BCUT2D eigenvalue weighted by Gasteiger charge is 2.32. The molecule has 0 bridgehead atoms. The molecule has 0 aromatic carbocycles. The standard InChI is InChI=1S/C13H23N3S/c1-3-6-16-7-4-5-11(8-14-2)13(16)12-9-17-10-15-12/h9-11,13-14H,3-8H2,1-2H3. The van der Waals surface area contributed by atoms with Crippen molar-refractivity contribution >= 4 is 11.3 Å². The first-order valence-corrected chi connectivity index (χ1v) is 7.57. The minimum Gasteiger partial charge on any atom is -0.319 e. The summed E-state index contributed by atoms with van der Waals surface area (Å²) >= 11 is 1.72. The van der Waals surface area contributed by atoms with E-state index in [9.17, 15) is 0 Å². The van der Waals surface area contributed by atoms with Crippen molar-refractivity contribution in [3.8, 4) is 0 Å². The van der Waals surface area contributed by atoms with Crippen LogP contribution in [0.15, 0.2) is 10.9 Å². The molecule has 2 unspecified atom stereocenters. The third-order valence-electron chi connectivity index (χ3n) is 3.59. The number of nitrogens with one attached hydrogen (secondary N) is 1. The zero-order chi connectivity index (χ0) is 12.1. The SMILES string of the molecule is CCCN1CCCC(CNC)C1c1cscn1. The molecule has 4 heteroatoms. The van der Waals surface area contributed by atoms with Crippen LogP contribution in [0.1, 0.15) is 37.9 Å². The molecule has 2 rings (SSSR count). The van der Waals surface area contributed by atoms with Crippen LogP contribution in [0.2, 0.25) is 0 Å². The quantitative estimate of drug-likeness (QED) is 0.874. The number of thiazole rings is 1. The van der Waals surface area contributed by atoms with E-state index in [-0.39, 0.29) is 0 Å². The summed E-state index contributed by atoms with van der Waals surface area (Å²) in [7, 11) is 2.05. The van der Waals surface area contributed by atoms with Gasteiger partial charge in [0, 0.05) is 5.38 Å². The van der Waals surface area contributed by atoms with Crippen molar-refractivity contribution in [3.05, 3.63) is 16.6 Å². The average Bonchev–Trinajstić information content (AvgIpc) is 2.84. The van der Waals surface area contributed by atoms with E-state index >= 15 is 0 Å². The molecule has 2 atom stereocenters. The number of rotatable bonds is 5. The Morgan fingerprint density at radius 2 is 2.47 bits per heavy atom. The highest BCUT2D eigenvalue weighted by molar-refractivity contribution is 7.07. The summed E-state index contributed by atoms with van der Waals surface area (Å²) < 4.78 is 0. The lowest BCUT2D eigenvalue weighted by atomic mass is 9.87. The Morgan fingerprint density at radius 3 is 3.12 bits per heavy atom. The first kappa shape index (κ1) is 13.0. The van der Waals surface area contributed by atoms with Crippen molar-refractivity contribution in [3.63, 3.8) is 0 Å². The number of piperidine rings is 1. The fourth-order valence-electron chi connectivity index (χ4n) is 2.96. The minimum absolute atomic E-state index is 0.530. The van der Waals surface area contributed by atoms with Gasteiger partial charge in [-0.2, -0.15) is 0 Å². The maximum absolute atomic E-state index is 4.55. The van der Waals surface area contributed by atoms with Gasteiger partial charge in [-0.3, -0.25) is 4.90 Å². The zero-order valence-electron chi connectivity index (χ0n) is 10.9. The Bertz CT molecular complexity index is 294. The largest absolute Gasteiger partial charge is 0.319 e. The summed E-state index contributed by atoms with van der Waals surface area (Å²) in [5.74, 6) is 0.711. The molecule has 17 heavy (non-hydrogen) atoms. The molecule has 2 heterocycles. The summed E-state index contributed by atoms with van der Waals surface area (Å²) in [5.41, 5.74) is 3.24. The third-order valence-corrected chi connectivity index (χ3v) is 4.20. The van der Waals surface area contributed by atoms with Gasteiger partial charge in [-0.15, -0.1) is 11.3 Å². The van der Waals surface area contributed by atoms with E-state index in [0.29, 0.717) is 12.0 Å². The van der Waals surface area contributed by atoms with Gasteiger partial charge in [-0.1, -0.05) is 6.92 Å². The summed E-state index contributed by atoms with van der Waals surface area (Å²) in [6, 6.07) is 0.530. The molecule has 1 saturated heterocycles. The van der Waals surface area contributed by atoms with Gasteiger partial charge < -0.3 is 5.32 Å². The molecule has 1 aromatic heterocycles. The molecule has 0 saturated carbocycles. The molecule has 1 aliphatic heterocycles. The smallest absolute Gasteiger partial charge is 0.0795 e. The van der Waals surface area contributed by atoms with Gasteiger partial charge in [-0.05, 0) is 51.9 Å². The second-order valence-electron chi connectivity index (χ2n) is 4.85. The van der Waals surface area contributed by atoms with E-state index in [2.05, 4.69) is 34.6 Å². The fourth-order valence-corrected chi connectivity index (χ4v) is 3.55. The second-order valence-corrected chi connectivity index (χ2v) is 5.57. The molecule has 1 aromatic rings. The maximum Gasteiger partial charge on any atom is 0.0795 e. The van der Waals surface area contributed by atoms with E-state index < -0.39 is 0 Å². The van der Waals surface area contributed by atoms with Crippen LogP contribution in [0.5, 0.6) is 0 Å². The Kier molecular flexibility index (Phi) is 4.95. The van der Waals surface area contributed by atoms with E-state index in [1.165, 1.54) is 38.0 Å². The average molecular weight is 253 g/mol. The van der Waals surface area contributed by atoms with Crippen LogP contribution >= 0.6 is 11.3 Å². The van der Waals surface area contributed by atoms with Gasteiger partial charge in [0.25, 0.3) is 0 Å². The summed E-state index contributed by atoms with van der Waals surface area (Å²) in [6.45, 7) is 5.79. The molecular formula is C13H23N3S. The van der Waals surface area contributed by atoms with Gasteiger partial charge in [0.15, 0.2) is 0 Å². The minimum atomic E-state index is 0.530. The summed E-state index contributed by atoms with van der Waals surface area (Å²) in [6.07, 6.45) is 3.88. The summed E-state index contributed by atoms with van der Waals surface area (Å²) in [4.78, 5) is 7.18. The van der Waals surface area contributed by atoms with Crippen molar-refractivity contribution in [1.29, 1.82) is 0 Å². The van der Waals surface area contributed by atoms with Crippen LogP contribution in [-0.4, -0.2) is 36.6 Å². The van der Waals surface area contributed by atoms with Crippen molar-refractivity contribution in [2.75, 3.05) is 26.7 Å². The van der Waals surface area contributed by atoms with Gasteiger partial charge in [0.1, 0.15) is 0 Å². The Morgan fingerprint density at radius 1 is 1.59 bits per heavy atom. The molecule has 0 amide bonds. The highest BCUT2D eigenvalue weighted by Crippen LogP contribution is 2.35. The Hall–Kier alpha value is -0.450. The van der Waals surface area contributed by atoms with Crippen molar-refractivity contribution in [1.82, 2.24) is 15.2 Å². The summed E-state index contributed by atoms with van der Waals surface area (Å²) in [5, 5.41) is 5.56. The number of hydrogen-bond acceptors (Lipinski definition) is 4. The van der Waals surface area contributed by atoms with Crippen LogP contribution in [0.4, 0.5) is 0 Å². The third kappa shape index (κ3) is 3.06. The molecule has 1 fully saturated rings. The zero-order valence-corrected chi connectivity index (χ0v) is 11.7. The Labute approximate surface area is 108 Å². The predicted octanol–water partition coefficient (Wildman–Crippen LogP) is 2.53. The van der Waals surface area contributed by atoms with Crippen LogP contribution in [0.25, 0.3) is 0 Å². The molecule has 0 radical (unpaired) electrons. The number of likely N-dealkylation sites (tertiary alicyclic amines) is 1. The van der Waals surface area contributed by atoms with Gasteiger partial charge >= 0.3 is 0 Å². The van der Waals surface area contributed by atoms with E-state index in [1.54, 1.807) is 11.3 Å². The highest BCUT2D eigenvalue weighted by atomic mass is 32.1. The molecular weight excluding hydrogens is 230 g/mol. The van der Waals surface area contributed by atoms with Gasteiger partial charge in [-0.25, -0.2) is 4.98 Å². The van der Waals surface area contributed by atoms with Gasteiger partial charge in [0.05, 0.1) is 17.2 Å². The van der Waals surface area contributed by atoms with Crippen molar-refractivity contribution in [2.45, 2.75) is 32.2 Å². The predicted molar refractivity (Wildman–Crippen MR) is 73.4 cm³/mol. The molecule has 1 N–H and O–H groups in total. The van der Waals surface area contributed by atoms with Crippen LogP contribution in [-0.2, 0) is 0 Å². The lowest BCUT2D eigenvalue weighted by molar-refractivity contribution is 0.0899. The number of aromatic nitrogens is 1. The molecule has 0 spiro atoms. The van der Waals surface area contributed by atoms with Crippen LogP contribution in [0, 0.1) is 5.92 Å². The normalized spacial score (nSPS) is 26.2. The topological polar surface area (TPSA) is 28.2 Å². The Balaban J connectivity index is 2.15. The lowest BCUT2D eigenvalue weighted by Crippen LogP contribution is -2.42. The van der Waals surface area contributed by atoms with Gasteiger partial charge in [0.2, 0.25) is 0 Å². The van der Waals surface area contributed by atoms with Crippen LogP contribution < -0.4 is 5.32 Å². The molecule has 3 nitrogen and oxygen atoms in total. The molecule has 1 aliphatic rings. The van der Waals surface area contributed by atoms with E-state index in [0.717, 1.165) is 6.54 Å². The van der Waals surface area contributed by atoms with E-state index in [1.807, 2.05) is 5.51 Å². The fraction of sp³-hybridized carbons (Fsp3) is 0.769. The van der Waals surface area contributed by atoms with Crippen LogP contribution in [0.3, 0.4) is 0 Å². The van der Waals surface area contributed by atoms with E-state index in [4.69, 9.17) is 0 Å². The van der Waals surface area contributed by atoms with Crippen molar-refractivity contribution in [2.24, 2.45) is 5.92 Å². The first-order valence-electron chi connectivity index (χ1n) is 6.63. The second kappa shape index (κ2) is 6.47. The first-order chi connectivity index (χ1) is 8.36.